The Kier molecular flexibility index (Phi) is 5.06. The molecule has 2 aromatic rings. The van der Waals surface area contributed by atoms with Crippen LogP contribution in [0.3, 0.4) is 0 Å². The molecule has 0 bridgehead atoms. The number of pyridine rings is 1. The minimum absolute atomic E-state index is 0.117. The molecule has 1 heterocycles. The largest absolute Gasteiger partial charge is 0.396 e. The first-order valence-electron chi connectivity index (χ1n) is 7.23. The van der Waals surface area contributed by atoms with Crippen LogP contribution in [0.4, 0.5) is 11.4 Å². The standard InChI is InChI=1S/C16H22BrN3O/c1-3-16(4-2,10-21)9-20-15-12-7-11(17)5-6-14(12)19-8-13(15)18/h5-8,21H,3-4,9-10,18H2,1-2H3,(H,19,20). The van der Waals surface area contributed by atoms with Crippen LogP contribution < -0.4 is 11.1 Å². The first-order valence-corrected chi connectivity index (χ1v) is 8.03. The Morgan fingerprint density at radius 3 is 2.67 bits per heavy atom. The molecule has 0 saturated carbocycles. The van der Waals surface area contributed by atoms with Gasteiger partial charge in [0, 0.05) is 21.8 Å². The van der Waals surface area contributed by atoms with Gasteiger partial charge in [0.2, 0.25) is 0 Å². The van der Waals surface area contributed by atoms with E-state index in [-0.39, 0.29) is 12.0 Å². The van der Waals surface area contributed by atoms with Gasteiger partial charge in [0.15, 0.2) is 0 Å². The molecule has 0 radical (unpaired) electrons. The van der Waals surface area contributed by atoms with E-state index in [1.165, 1.54) is 0 Å². The smallest absolute Gasteiger partial charge is 0.0743 e. The minimum atomic E-state index is -0.117. The fourth-order valence-corrected chi connectivity index (χ4v) is 2.79. The van der Waals surface area contributed by atoms with E-state index in [1.54, 1.807) is 6.20 Å². The summed E-state index contributed by atoms with van der Waals surface area (Å²) in [7, 11) is 0. The molecule has 0 atom stereocenters. The lowest BCUT2D eigenvalue weighted by molar-refractivity contribution is 0.127. The van der Waals surface area contributed by atoms with Crippen molar-refractivity contribution in [3.05, 3.63) is 28.9 Å². The molecule has 0 spiro atoms. The molecule has 0 saturated heterocycles. The third-order valence-electron chi connectivity index (χ3n) is 4.33. The molecular formula is C16H22BrN3O. The first-order chi connectivity index (χ1) is 10.0. The summed E-state index contributed by atoms with van der Waals surface area (Å²) in [4.78, 5) is 4.35. The Hall–Kier alpha value is -1.33. The number of fused-ring (bicyclic) bond motifs is 1. The second-order valence-corrected chi connectivity index (χ2v) is 6.38. The molecule has 0 fully saturated rings. The van der Waals surface area contributed by atoms with Crippen molar-refractivity contribution < 1.29 is 5.11 Å². The van der Waals surface area contributed by atoms with E-state index in [9.17, 15) is 5.11 Å². The molecule has 0 aliphatic rings. The number of hydrogen-bond donors (Lipinski definition) is 3. The van der Waals surface area contributed by atoms with Crippen molar-refractivity contribution in [1.82, 2.24) is 4.98 Å². The first kappa shape index (κ1) is 16.0. The molecule has 5 heteroatoms. The number of hydrogen-bond acceptors (Lipinski definition) is 4. The maximum absolute atomic E-state index is 9.69. The molecular weight excluding hydrogens is 330 g/mol. The minimum Gasteiger partial charge on any atom is -0.396 e. The summed E-state index contributed by atoms with van der Waals surface area (Å²) < 4.78 is 0.991. The van der Waals surface area contributed by atoms with Crippen LogP contribution in [0.25, 0.3) is 10.9 Å². The van der Waals surface area contributed by atoms with Gasteiger partial charge in [-0.05, 0) is 31.0 Å². The van der Waals surface area contributed by atoms with Gasteiger partial charge in [-0.2, -0.15) is 0 Å². The van der Waals surface area contributed by atoms with Gasteiger partial charge in [-0.1, -0.05) is 29.8 Å². The second kappa shape index (κ2) is 6.62. The number of aliphatic hydroxyl groups excluding tert-OH is 1. The summed E-state index contributed by atoms with van der Waals surface area (Å²) in [6.45, 7) is 5.06. The number of aromatic nitrogens is 1. The number of anilines is 2. The average Bonchev–Trinajstić information content (AvgIpc) is 2.50. The zero-order valence-corrected chi connectivity index (χ0v) is 14.1. The lowest BCUT2D eigenvalue weighted by atomic mass is 9.83. The lowest BCUT2D eigenvalue weighted by Crippen LogP contribution is -2.32. The van der Waals surface area contributed by atoms with Crippen LogP contribution in [0, 0.1) is 5.41 Å². The number of nitrogens with one attached hydrogen (secondary N) is 1. The number of nitrogen functional groups attached to an aromatic ring is 1. The summed E-state index contributed by atoms with van der Waals surface area (Å²) in [5.74, 6) is 0. The molecule has 2 rings (SSSR count). The SMILES string of the molecule is CCC(CC)(CO)CNc1c(N)cnc2ccc(Br)cc12. The molecule has 0 amide bonds. The van der Waals surface area contributed by atoms with Crippen LogP contribution in [0.1, 0.15) is 26.7 Å². The van der Waals surface area contributed by atoms with Gasteiger partial charge in [-0.3, -0.25) is 4.98 Å². The van der Waals surface area contributed by atoms with E-state index >= 15 is 0 Å². The quantitative estimate of drug-likeness (QED) is 0.740. The maximum atomic E-state index is 9.69. The van der Waals surface area contributed by atoms with E-state index in [0.717, 1.165) is 33.9 Å². The second-order valence-electron chi connectivity index (χ2n) is 5.47. The van der Waals surface area contributed by atoms with Gasteiger partial charge >= 0.3 is 0 Å². The highest BCUT2D eigenvalue weighted by Gasteiger charge is 2.25. The Morgan fingerprint density at radius 1 is 1.33 bits per heavy atom. The Bertz CT molecular complexity index is 613. The molecule has 114 valence electrons. The van der Waals surface area contributed by atoms with Crippen molar-refractivity contribution in [2.45, 2.75) is 26.7 Å². The van der Waals surface area contributed by atoms with Gasteiger partial charge in [-0.15, -0.1) is 0 Å². The number of nitrogens with zero attached hydrogens (tertiary/aromatic N) is 1. The summed E-state index contributed by atoms with van der Waals surface area (Å²) >= 11 is 3.49. The Labute approximate surface area is 133 Å². The number of rotatable bonds is 6. The molecule has 1 aromatic heterocycles. The molecule has 4 N–H and O–H groups in total. The molecule has 0 aliphatic heterocycles. The van der Waals surface area contributed by atoms with Crippen LogP contribution in [0.2, 0.25) is 0 Å². The summed E-state index contributed by atoms with van der Waals surface area (Å²) in [5, 5.41) is 14.1. The fraction of sp³-hybridized carbons (Fsp3) is 0.438. The lowest BCUT2D eigenvalue weighted by Gasteiger charge is -2.30. The van der Waals surface area contributed by atoms with Crippen molar-refractivity contribution in [3.8, 4) is 0 Å². The van der Waals surface area contributed by atoms with Crippen molar-refractivity contribution in [2.75, 3.05) is 24.2 Å². The van der Waals surface area contributed by atoms with Gasteiger partial charge < -0.3 is 16.2 Å². The van der Waals surface area contributed by atoms with Gasteiger partial charge in [0.05, 0.1) is 29.7 Å². The van der Waals surface area contributed by atoms with Crippen molar-refractivity contribution in [2.24, 2.45) is 5.41 Å². The highest BCUT2D eigenvalue weighted by Crippen LogP contribution is 2.32. The topological polar surface area (TPSA) is 71.2 Å². The van der Waals surface area contributed by atoms with Crippen LogP contribution in [0.5, 0.6) is 0 Å². The summed E-state index contributed by atoms with van der Waals surface area (Å²) in [5.41, 5.74) is 8.39. The van der Waals surface area contributed by atoms with E-state index in [0.29, 0.717) is 12.2 Å². The van der Waals surface area contributed by atoms with Gasteiger partial charge in [0.25, 0.3) is 0 Å². The van der Waals surface area contributed by atoms with Crippen LogP contribution in [0.15, 0.2) is 28.9 Å². The highest BCUT2D eigenvalue weighted by atomic mass is 79.9. The van der Waals surface area contributed by atoms with E-state index < -0.39 is 0 Å². The number of nitrogens with two attached hydrogens (primary N) is 1. The number of aliphatic hydroxyl groups is 1. The van der Waals surface area contributed by atoms with Crippen LogP contribution >= 0.6 is 15.9 Å². The predicted octanol–water partition coefficient (Wildman–Crippen LogP) is 3.79. The van der Waals surface area contributed by atoms with Crippen LogP contribution in [-0.2, 0) is 0 Å². The number of halogens is 1. The number of benzene rings is 1. The molecule has 0 aliphatic carbocycles. The molecule has 4 nitrogen and oxygen atoms in total. The van der Waals surface area contributed by atoms with Crippen LogP contribution in [-0.4, -0.2) is 23.2 Å². The third-order valence-corrected chi connectivity index (χ3v) is 4.83. The Morgan fingerprint density at radius 2 is 2.05 bits per heavy atom. The average molecular weight is 352 g/mol. The van der Waals surface area contributed by atoms with Crippen molar-refractivity contribution in [1.29, 1.82) is 0 Å². The molecule has 0 unspecified atom stereocenters. The highest BCUT2D eigenvalue weighted by molar-refractivity contribution is 9.10. The van der Waals surface area contributed by atoms with Gasteiger partial charge in [-0.25, -0.2) is 0 Å². The van der Waals surface area contributed by atoms with Crippen molar-refractivity contribution >= 4 is 38.2 Å². The fourth-order valence-electron chi connectivity index (χ4n) is 2.43. The summed E-state index contributed by atoms with van der Waals surface area (Å²) in [6.07, 6.45) is 3.51. The molecule has 1 aromatic carbocycles. The Balaban J connectivity index is 2.37. The maximum Gasteiger partial charge on any atom is 0.0743 e. The normalized spacial score (nSPS) is 11.8. The van der Waals surface area contributed by atoms with E-state index in [4.69, 9.17) is 5.73 Å². The monoisotopic (exact) mass is 351 g/mol. The third kappa shape index (κ3) is 3.30. The van der Waals surface area contributed by atoms with E-state index in [2.05, 4.69) is 40.1 Å². The zero-order valence-electron chi connectivity index (χ0n) is 12.5. The van der Waals surface area contributed by atoms with Gasteiger partial charge in [0.1, 0.15) is 0 Å². The predicted molar refractivity (Wildman–Crippen MR) is 92.4 cm³/mol. The van der Waals surface area contributed by atoms with Crippen molar-refractivity contribution in [3.63, 3.8) is 0 Å². The molecule has 21 heavy (non-hydrogen) atoms. The van der Waals surface area contributed by atoms with E-state index in [1.807, 2.05) is 18.2 Å². The summed E-state index contributed by atoms with van der Waals surface area (Å²) in [6, 6.07) is 5.94. The zero-order chi connectivity index (χ0) is 15.5.